The highest BCUT2D eigenvalue weighted by Crippen LogP contribution is 2.21. The molecule has 0 heterocycles. The zero-order chi connectivity index (χ0) is 12.8. The Hall–Kier alpha value is -0.800. The molecule has 94 valence electrons. The minimum Gasteiger partial charge on any atom is -0.389 e. The van der Waals surface area contributed by atoms with Crippen LogP contribution in [-0.4, -0.2) is 11.5 Å². The molecule has 0 aromatic heterocycles. The number of nitrogens with one attached hydrogen (secondary N) is 1. The Bertz CT molecular complexity index is 391. The van der Waals surface area contributed by atoms with Crippen molar-refractivity contribution in [1.29, 1.82) is 0 Å². The maximum atomic E-state index is 6.08. The lowest BCUT2D eigenvalue weighted by Crippen LogP contribution is -2.10. The maximum Gasteiger partial charge on any atom is 0.105 e. The van der Waals surface area contributed by atoms with Crippen molar-refractivity contribution < 1.29 is 0 Å². The summed E-state index contributed by atoms with van der Waals surface area (Å²) in [4.78, 5) is 0.335. The highest BCUT2D eigenvalue weighted by atomic mass is 35.5. The fraction of sp³-hybridized carbons (Fsp3) is 0.462. The van der Waals surface area contributed by atoms with Gasteiger partial charge in [-0.05, 0) is 37.0 Å². The van der Waals surface area contributed by atoms with E-state index < -0.39 is 0 Å². The van der Waals surface area contributed by atoms with Gasteiger partial charge in [0.2, 0.25) is 0 Å². The van der Waals surface area contributed by atoms with Crippen molar-refractivity contribution in [3.63, 3.8) is 0 Å². The fourth-order valence-electron chi connectivity index (χ4n) is 1.57. The second-order valence-electron chi connectivity index (χ2n) is 4.52. The summed E-state index contributed by atoms with van der Waals surface area (Å²) in [6.07, 6.45) is 2.39. The average Bonchev–Trinajstić information content (AvgIpc) is 2.23. The van der Waals surface area contributed by atoms with E-state index >= 15 is 0 Å². The lowest BCUT2D eigenvalue weighted by molar-refractivity contribution is 0.567. The number of hydrogen-bond acceptors (Lipinski definition) is 2. The van der Waals surface area contributed by atoms with Gasteiger partial charge in [0.15, 0.2) is 0 Å². The van der Waals surface area contributed by atoms with Gasteiger partial charge in [0.25, 0.3) is 0 Å². The third-order valence-electron chi connectivity index (χ3n) is 2.52. The highest BCUT2D eigenvalue weighted by molar-refractivity contribution is 7.80. The first kappa shape index (κ1) is 14.3. The van der Waals surface area contributed by atoms with Gasteiger partial charge in [-0.2, -0.15) is 0 Å². The highest BCUT2D eigenvalue weighted by Gasteiger charge is 2.04. The normalized spacial score (nSPS) is 10.6. The summed E-state index contributed by atoms with van der Waals surface area (Å²) in [6.45, 7) is 5.42. The Morgan fingerprint density at radius 1 is 1.47 bits per heavy atom. The molecule has 1 aromatic carbocycles. The van der Waals surface area contributed by atoms with Crippen LogP contribution in [-0.2, 0) is 0 Å². The van der Waals surface area contributed by atoms with Crippen molar-refractivity contribution in [1.82, 2.24) is 0 Å². The minimum absolute atomic E-state index is 0.335. The molecule has 0 aliphatic carbocycles. The molecule has 1 aromatic rings. The van der Waals surface area contributed by atoms with E-state index in [2.05, 4.69) is 19.2 Å². The molecule has 0 fully saturated rings. The number of benzene rings is 1. The predicted octanol–water partition coefficient (Wildman–Crippen LogP) is 3.82. The predicted molar refractivity (Wildman–Crippen MR) is 79.9 cm³/mol. The molecule has 0 aliphatic heterocycles. The van der Waals surface area contributed by atoms with Gasteiger partial charge < -0.3 is 11.1 Å². The Balaban J connectivity index is 2.50. The van der Waals surface area contributed by atoms with Crippen molar-refractivity contribution in [2.75, 3.05) is 11.9 Å². The molecule has 0 amide bonds. The molecule has 0 unspecified atom stereocenters. The maximum absolute atomic E-state index is 6.08. The molecule has 2 nitrogen and oxygen atoms in total. The van der Waals surface area contributed by atoms with Gasteiger partial charge >= 0.3 is 0 Å². The zero-order valence-corrected chi connectivity index (χ0v) is 11.9. The lowest BCUT2D eigenvalue weighted by atomic mass is 10.1. The molecule has 17 heavy (non-hydrogen) atoms. The zero-order valence-electron chi connectivity index (χ0n) is 10.3. The van der Waals surface area contributed by atoms with Gasteiger partial charge in [0.05, 0.1) is 5.02 Å². The second kappa shape index (κ2) is 6.82. The van der Waals surface area contributed by atoms with Crippen molar-refractivity contribution in [2.24, 2.45) is 11.7 Å². The third-order valence-corrected chi connectivity index (χ3v) is 3.05. The molecular weight excluding hydrogens is 252 g/mol. The minimum atomic E-state index is 0.335. The summed E-state index contributed by atoms with van der Waals surface area (Å²) in [5, 5.41) is 3.94. The van der Waals surface area contributed by atoms with E-state index in [1.807, 2.05) is 18.2 Å². The summed E-state index contributed by atoms with van der Waals surface area (Å²) in [5.74, 6) is 0.748. The van der Waals surface area contributed by atoms with Gasteiger partial charge in [0.1, 0.15) is 4.99 Å². The summed E-state index contributed by atoms with van der Waals surface area (Å²) in [6, 6.07) is 5.68. The van der Waals surface area contributed by atoms with E-state index in [0.29, 0.717) is 10.0 Å². The second-order valence-corrected chi connectivity index (χ2v) is 5.37. The molecule has 1 rings (SSSR count). The standard InChI is InChI=1S/C13H19ClN2S/c1-9(2)4-3-7-16-10-5-6-11(13(15)17)12(14)8-10/h5-6,8-9,16H,3-4,7H2,1-2H3,(H2,15,17). The number of anilines is 1. The van der Waals surface area contributed by atoms with E-state index in [1.165, 1.54) is 6.42 Å². The summed E-state index contributed by atoms with van der Waals surface area (Å²) >= 11 is 11.0. The van der Waals surface area contributed by atoms with Gasteiger partial charge in [-0.15, -0.1) is 0 Å². The number of rotatable bonds is 6. The van der Waals surface area contributed by atoms with Crippen molar-refractivity contribution >= 4 is 34.5 Å². The first-order valence-corrected chi connectivity index (χ1v) is 6.62. The van der Waals surface area contributed by atoms with Crippen LogP contribution in [0.3, 0.4) is 0 Å². The number of halogens is 1. The number of nitrogens with two attached hydrogens (primary N) is 1. The van der Waals surface area contributed by atoms with Crippen molar-refractivity contribution in [3.8, 4) is 0 Å². The van der Waals surface area contributed by atoms with Crippen LogP contribution < -0.4 is 11.1 Å². The van der Waals surface area contributed by atoms with E-state index in [4.69, 9.17) is 29.6 Å². The molecule has 0 spiro atoms. The van der Waals surface area contributed by atoms with Crippen LogP contribution in [0, 0.1) is 5.92 Å². The topological polar surface area (TPSA) is 38.0 Å². The molecule has 0 bridgehead atoms. The summed E-state index contributed by atoms with van der Waals surface area (Å²) in [5.41, 5.74) is 7.29. The quantitative estimate of drug-likeness (QED) is 0.610. The lowest BCUT2D eigenvalue weighted by Gasteiger charge is -2.09. The van der Waals surface area contributed by atoms with Crippen LogP contribution in [0.1, 0.15) is 32.3 Å². The molecular formula is C13H19ClN2S. The van der Waals surface area contributed by atoms with E-state index in [9.17, 15) is 0 Å². The van der Waals surface area contributed by atoms with E-state index in [1.54, 1.807) is 0 Å². The van der Waals surface area contributed by atoms with Gasteiger partial charge in [-0.25, -0.2) is 0 Å². The van der Waals surface area contributed by atoms with Gasteiger partial charge in [-0.1, -0.05) is 37.7 Å². The molecule has 0 atom stereocenters. The first-order valence-electron chi connectivity index (χ1n) is 5.84. The molecule has 0 saturated carbocycles. The Morgan fingerprint density at radius 3 is 2.71 bits per heavy atom. The average molecular weight is 271 g/mol. The first-order chi connectivity index (χ1) is 8.00. The summed E-state index contributed by atoms with van der Waals surface area (Å²) in [7, 11) is 0. The molecule has 0 saturated heterocycles. The molecule has 0 radical (unpaired) electrons. The van der Waals surface area contributed by atoms with Crippen molar-refractivity contribution in [2.45, 2.75) is 26.7 Å². The number of thiocarbonyl (C=S) groups is 1. The van der Waals surface area contributed by atoms with Gasteiger partial charge in [0, 0.05) is 17.8 Å². The van der Waals surface area contributed by atoms with E-state index in [-0.39, 0.29) is 0 Å². The van der Waals surface area contributed by atoms with Crippen LogP contribution in [0.15, 0.2) is 18.2 Å². The SMILES string of the molecule is CC(C)CCCNc1ccc(C(N)=S)c(Cl)c1. The summed E-state index contributed by atoms with van der Waals surface area (Å²) < 4.78 is 0. The molecule has 3 N–H and O–H groups in total. The fourth-order valence-corrected chi connectivity index (χ4v) is 2.08. The van der Waals surface area contributed by atoms with Crippen LogP contribution in [0.5, 0.6) is 0 Å². The smallest absolute Gasteiger partial charge is 0.105 e. The van der Waals surface area contributed by atoms with Crippen molar-refractivity contribution in [3.05, 3.63) is 28.8 Å². The monoisotopic (exact) mass is 270 g/mol. The van der Waals surface area contributed by atoms with E-state index in [0.717, 1.165) is 30.1 Å². The van der Waals surface area contributed by atoms with Crippen LogP contribution >= 0.6 is 23.8 Å². The Morgan fingerprint density at radius 2 is 2.18 bits per heavy atom. The number of hydrogen-bond donors (Lipinski definition) is 2. The van der Waals surface area contributed by atoms with Crippen LogP contribution in [0.4, 0.5) is 5.69 Å². The largest absolute Gasteiger partial charge is 0.389 e. The molecule has 0 aliphatic rings. The third kappa shape index (κ3) is 4.92. The molecule has 4 heteroatoms. The van der Waals surface area contributed by atoms with Crippen LogP contribution in [0.2, 0.25) is 5.02 Å². The van der Waals surface area contributed by atoms with Gasteiger partial charge in [-0.3, -0.25) is 0 Å². The Kier molecular flexibility index (Phi) is 5.72. The van der Waals surface area contributed by atoms with Crippen LogP contribution in [0.25, 0.3) is 0 Å². The Labute approximate surface area is 114 Å².